The van der Waals surface area contributed by atoms with Gasteiger partial charge in [0.25, 0.3) is 0 Å². The Kier molecular flexibility index (Phi) is 4.56. The number of halogens is 1. The molecular formula is C10H18ClN3O2. The van der Waals surface area contributed by atoms with Crippen LogP contribution in [0.25, 0.3) is 0 Å². The third-order valence-electron chi connectivity index (χ3n) is 3.18. The van der Waals surface area contributed by atoms with Gasteiger partial charge in [0.1, 0.15) is 6.04 Å². The van der Waals surface area contributed by atoms with Crippen molar-refractivity contribution in [1.29, 1.82) is 0 Å². The van der Waals surface area contributed by atoms with Crippen LogP contribution >= 0.6 is 12.4 Å². The van der Waals surface area contributed by atoms with E-state index >= 15 is 0 Å². The second-order valence-corrected chi connectivity index (χ2v) is 4.30. The molecular weight excluding hydrogens is 230 g/mol. The zero-order chi connectivity index (χ0) is 10.8. The van der Waals surface area contributed by atoms with Crippen LogP contribution in [-0.2, 0) is 9.59 Å². The standard InChI is InChI=1S/C10H17N3O2.ClH/c1-13-5-3-8(10(13)15)12-9(14)7-2-4-11-6-7;/h7-8,11H,2-6H2,1H3,(H,12,14);1H/t7-,8?;/m0./s1. The Balaban J connectivity index is 0.00000128. The highest BCUT2D eigenvalue weighted by Crippen LogP contribution is 2.12. The zero-order valence-corrected chi connectivity index (χ0v) is 10.2. The van der Waals surface area contributed by atoms with Gasteiger partial charge in [-0.15, -0.1) is 12.4 Å². The number of rotatable bonds is 2. The minimum absolute atomic E-state index is 0. The molecule has 2 saturated heterocycles. The van der Waals surface area contributed by atoms with E-state index in [-0.39, 0.29) is 36.2 Å². The van der Waals surface area contributed by atoms with Gasteiger partial charge in [0.15, 0.2) is 0 Å². The molecule has 2 rings (SSSR count). The summed E-state index contributed by atoms with van der Waals surface area (Å²) in [5, 5.41) is 5.97. The summed E-state index contributed by atoms with van der Waals surface area (Å²) in [4.78, 5) is 24.9. The maximum absolute atomic E-state index is 11.7. The minimum atomic E-state index is -0.289. The van der Waals surface area contributed by atoms with Crippen LogP contribution in [0.5, 0.6) is 0 Å². The predicted molar refractivity (Wildman–Crippen MR) is 62.4 cm³/mol. The molecule has 0 aromatic heterocycles. The average molecular weight is 248 g/mol. The van der Waals surface area contributed by atoms with Crippen molar-refractivity contribution in [3.63, 3.8) is 0 Å². The van der Waals surface area contributed by atoms with E-state index in [1.54, 1.807) is 11.9 Å². The molecule has 2 atom stereocenters. The van der Waals surface area contributed by atoms with E-state index in [9.17, 15) is 9.59 Å². The molecule has 92 valence electrons. The zero-order valence-electron chi connectivity index (χ0n) is 9.36. The van der Waals surface area contributed by atoms with E-state index in [1.807, 2.05) is 0 Å². The number of nitrogens with zero attached hydrogens (tertiary/aromatic N) is 1. The van der Waals surface area contributed by atoms with Gasteiger partial charge >= 0.3 is 0 Å². The van der Waals surface area contributed by atoms with Gasteiger partial charge in [0.05, 0.1) is 5.92 Å². The lowest BCUT2D eigenvalue weighted by Gasteiger charge is -2.14. The van der Waals surface area contributed by atoms with Gasteiger partial charge in [-0.25, -0.2) is 0 Å². The molecule has 2 aliphatic heterocycles. The lowest BCUT2D eigenvalue weighted by molar-refractivity contribution is -0.133. The van der Waals surface area contributed by atoms with Crippen LogP contribution in [0.15, 0.2) is 0 Å². The van der Waals surface area contributed by atoms with Crippen molar-refractivity contribution in [2.24, 2.45) is 5.92 Å². The molecule has 0 aliphatic carbocycles. The number of hydrogen-bond acceptors (Lipinski definition) is 3. The summed E-state index contributed by atoms with van der Waals surface area (Å²) in [7, 11) is 1.77. The second kappa shape index (κ2) is 5.50. The van der Waals surface area contributed by atoms with E-state index in [0.717, 1.165) is 32.5 Å². The molecule has 0 aromatic carbocycles. The average Bonchev–Trinajstić information content (AvgIpc) is 2.83. The molecule has 2 fully saturated rings. The molecule has 5 nitrogen and oxygen atoms in total. The first-order valence-electron chi connectivity index (χ1n) is 5.44. The minimum Gasteiger partial charge on any atom is -0.344 e. The molecule has 2 N–H and O–H groups in total. The molecule has 0 radical (unpaired) electrons. The number of amides is 2. The fourth-order valence-electron chi connectivity index (χ4n) is 2.12. The van der Waals surface area contributed by atoms with Crippen LogP contribution in [0, 0.1) is 5.92 Å². The van der Waals surface area contributed by atoms with Gasteiger partial charge in [0.2, 0.25) is 11.8 Å². The molecule has 0 spiro atoms. The normalized spacial score (nSPS) is 29.1. The monoisotopic (exact) mass is 247 g/mol. The Morgan fingerprint density at radius 3 is 2.75 bits per heavy atom. The molecule has 0 saturated carbocycles. The maximum atomic E-state index is 11.7. The highest BCUT2D eigenvalue weighted by Gasteiger charge is 2.32. The predicted octanol–water partition coefficient (Wildman–Crippen LogP) is -0.635. The van der Waals surface area contributed by atoms with Crippen molar-refractivity contribution in [3.05, 3.63) is 0 Å². The number of nitrogens with one attached hydrogen (secondary N) is 2. The summed E-state index contributed by atoms with van der Waals surface area (Å²) in [5.41, 5.74) is 0. The number of likely N-dealkylation sites (tertiary alicyclic amines) is 1. The van der Waals surface area contributed by atoms with Crippen molar-refractivity contribution < 1.29 is 9.59 Å². The molecule has 16 heavy (non-hydrogen) atoms. The summed E-state index contributed by atoms with van der Waals surface area (Å²) in [6.07, 6.45) is 1.61. The lowest BCUT2D eigenvalue weighted by Crippen LogP contribution is -2.43. The molecule has 0 aromatic rings. The van der Waals surface area contributed by atoms with Gasteiger partial charge in [-0.2, -0.15) is 0 Å². The van der Waals surface area contributed by atoms with Crippen LogP contribution in [0.2, 0.25) is 0 Å². The molecule has 2 aliphatic rings. The Morgan fingerprint density at radius 2 is 2.25 bits per heavy atom. The molecule has 6 heteroatoms. The van der Waals surface area contributed by atoms with Crippen molar-refractivity contribution in [2.75, 3.05) is 26.7 Å². The molecule has 2 heterocycles. The van der Waals surface area contributed by atoms with Crippen molar-refractivity contribution in [3.8, 4) is 0 Å². The third kappa shape index (κ3) is 2.65. The van der Waals surface area contributed by atoms with E-state index in [4.69, 9.17) is 0 Å². The maximum Gasteiger partial charge on any atom is 0.244 e. The Bertz CT molecular complexity index is 279. The topological polar surface area (TPSA) is 61.4 Å². The molecule has 2 amide bonds. The highest BCUT2D eigenvalue weighted by atomic mass is 35.5. The first kappa shape index (κ1) is 13.3. The van der Waals surface area contributed by atoms with Crippen molar-refractivity contribution in [2.45, 2.75) is 18.9 Å². The Hall–Kier alpha value is -0.810. The second-order valence-electron chi connectivity index (χ2n) is 4.30. The van der Waals surface area contributed by atoms with Gasteiger partial charge in [0, 0.05) is 20.1 Å². The molecule has 0 bridgehead atoms. The quantitative estimate of drug-likeness (QED) is 0.683. The third-order valence-corrected chi connectivity index (χ3v) is 3.18. The van der Waals surface area contributed by atoms with Gasteiger partial charge < -0.3 is 15.5 Å². The van der Waals surface area contributed by atoms with Crippen LogP contribution in [-0.4, -0.2) is 49.4 Å². The Morgan fingerprint density at radius 1 is 1.50 bits per heavy atom. The lowest BCUT2D eigenvalue weighted by atomic mass is 10.1. The summed E-state index contributed by atoms with van der Waals surface area (Å²) in [6, 6.07) is -0.289. The summed E-state index contributed by atoms with van der Waals surface area (Å²) in [5.74, 6) is 0.103. The SMILES string of the molecule is CN1CCC(NC(=O)[C@H]2CCNC2)C1=O.Cl. The first-order chi connectivity index (χ1) is 7.18. The number of carbonyl (C=O) groups is 2. The Labute approximate surface area is 101 Å². The fraction of sp³-hybridized carbons (Fsp3) is 0.800. The van der Waals surface area contributed by atoms with E-state index in [0.29, 0.717) is 0 Å². The van der Waals surface area contributed by atoms with E-state index < -0.39 is 0 Å². The van der Waals surface area contributed by atoms with Crippen molar-refractivity contribution in [1.82, 2.24) is 15.5 Å². The summed E-state index contributed by atoms with van der Waals surface area (Å²) < 4.78 is 0. The number of likely N-dealkylation sites (N-methyl/N-ethyl adjacent to an activating group) is 1. The smallest absolute Gasteiger partial charge is 0.244 e. The van der Waals surface area contributed by atoms with E-state index in [1.165, 1.54) is 0 Å². The fourth-order valence-corrected chi connectivity index (χ4v) is 2.12. The number of hydrogen-bond donors (Lipinski definition) is 2. The van der Waals surface area contributed by atoms with Crippen LogP contribution in [0.4, 0.5) is 0 Å². The van der Waals surface area contributed by atoms with Gasteiger partial charge in [-0.3, -0.25) is 9.59 Å². The first-order valence-corrected chi connectivity index (χ1v) is 5.44. The van der Waals surface area contributed by atoms with Gasteiger partial charge in [-0.1, -0.05) is 0 Å². The number of carbonyl (C=O) groups excluding carboxylic acids is 2. The largest absolute Gasteiger partial charge is 0.344 e. The van der Waals surface area contributed by atoms with Crippen molar-refractivity contribution >= 4 is 24.2 Å². The van der Waals surface area contributed by atoms with Gasteiger partial charge in [-0.05, 0) is 19.4 Å². The summed E-state index contributed by atoms with van der Waals surface area (Å²) >= 11 is 0. The van der Waals surface area contributed by atoms with Crippen LogP contribution in [0.3, 0.4) is 0 Å². The van der Waals surface area contributed by atoms with E-state index in [2.05, 4.69) is 10.6 Å². The van der Waals surface area contributed by atoms with Crippen LogP contribution < -0.4 is 10.6 Å². The molecule has 1 unspecified atom stereocenters. The summed E-state index contributed by atoms with van der Waals surface area (Å²) in [6.45, 7) is 2.38. The highest BCUT2D eigenvalue weighted by molar-refractivity contribution is 5.89. The van der Waals surface area contributed by atoms with Crippen LogP contribution in [0.1, 0.15) is 12.8 Å².